The van der Waals surface area contributed by atoms with Crippen molar-refractivity contribution in [1.82, 2.24) is 4.90 Å². The third kappa shape index (κ3) is 3.46. The van der Waals surface area contributed by atoms with Crippen molar-refractivity contribution in [1.29, 1.82) is 0 Å². The van der Waals surface area contributed by atoms with Gasteiger partial charge in [-0.05, 0) is 61.6 Å². The highest BCUT2D eigenvalue weighted by atomic mass is 19.1. The minimum Gasteiger partial charge on any atom is -0.494 e. The van der Waals surface area contributed by atoms with E-state index in [-0.39, 0.29) is 23.4 Å². The number of nitrogens with one attached hydrogen (secondary N) is 1. The number of fused-ring (bicyclic) bond motifs is 1. The van der Waals surface area contributed by atoms with Gasteiger partial charge in [0.15, 0.2) is 0 Å². The highest BCUT2D eigenvalue weighted by molar-refractivity contribution is 5.98. The molecule has 2 aromatic rings. The molecule has 2 aromatic carbocycles. The molecule has 0 spiro atoms. The number of hydrogen-bond donors (Lipinski definition) is 1. The molecule has 0 aliphatic carbocycles. The Hall–Kier alpha value is -2.89. The van der Waals surface area contributed by atoms with E-state index in [2.05, 4.69) is 5.32 Å². The summed E-state index contributed by atoms with van der Waals surface area (Å²) in [5.74, 6) is -0.220. The van der Waals surface area contributed by atoms with Gasteiger partial charge in [-0.15, -0.1) is 0 Å². The summed E-state index contributed by atoms with van der Waals surface area (Å²) >= 11 is 0. The first-order chi connectivity index (χ1) is 13.6. The van der Waals surface area contributed by atoms with Crippen LogP contribution in [-0.4, -0.2) is 29.9 Å². The number of rotatable bonds is 4. The Morgan fingerprint density at radius 3 is 2.79 bits per heavy atom. The Morgan fingerprint density at radius 2 is 2.04 bits per heavy atom. The number of benzene rings is 2. The molecule has 0 unspecified atom stereocenters. The first kappa shape index (κ1) is 18.5. The van der Waals surface area contributed by atoms with Crippen molar-refractivity contribution < 1.29 is 18.7 Å². The summed E-state index contributed by atoms with van der Waals surface area (Å²) in [4.78, 5) is 26.4. The summed E-state index contributed by atoms with van der Waals surface area (Å²) in [5.41, 5.74) is 2.38. The number of anilines is 1. The second kappa shape index (κ2) is 7.62. The molecule has 2 amide bonds. The Balaban J connectivity index is 1.59. The SMILES string of the molecule is CCOc1ccc([C@H]2CCCN2C(=O)c2cc3c(cc2F)NC(=O)CC3)cc1. The van der Waals surface area contributed by atoms with Crippen LogP contribution in [0.2, 0.25) is 0 Å². The lowest BCUT2D eigenvalue weighted by Crippen LogP contribution is -2.31. The van der Waals surface area contributed by atoms with Crippen LogP contribution in [0.3, 0.4) is 0 Å². The Labute approximate surface area is 163 Å². The van der Waals surface area contributed by atoms with Gasteiger partial charge in [0.2, 0.25) is 5.91 Å². The van der Waals surface area contributed by atoms with Crippen molar-refractivity contribution >= 4 is 17.5 Å². The quantitative estimate of drug-likeness (QED) is 0.867. The van der Waals surface area contributed by atoms with Crippen molar-refractivity contribution in [3.8, 4) is 5.75 Å². The van der Waals surface area contributed by atoms with Crippen LogP contribution in [-0.2, 0) is 11.2 Å². The van der Waals surface area contributed by atoms with Crippen molar-refractivity contribution in [3.05, 3.63) is 58.9 Å². The van der Waals surface area contributed by atoms with Crippen molar-refractivity contribution in [3.63, 3.8) is 0 Å². The molecule has 0 radical (unpaired) electrons. The van der Waals surface area contributed by atoms with Gasteiger partial charge in [0.1, 0.15) is 11.6 Å². The predicted octanol–water partition coefficient (Wildman–Crippen LogP) is 4.09. The number of carbonyl (C=O) groups is 2. The molecule has 1 atom stereocenters. The van der Waals surface area contributed by atoms with Crippen LogP contribution in [0, 0.1) is 5.82 Å². The molecule has 0 bridgehead atoms. The van der Waals surface area contributed by atoms with Gasteiger partial charge >= 0.3 is 0 Å². The summed E-state index contributed by atoms with van der Waals surface area (Å²) in [5, 5.41) is 2.67. The number of carbonyl (C=O) groups excluding carboxylic acids is 2. The smallest absolute Gasteiger partial charge is 0.257 e. The summed E-state index contributed by atoms with van der Waals surface area (Å²) in [6, 6.07) is 10.5. The van der Waals surface area contributed by atoms with Crippen LogP contribution in [0.5, 0.6) is 5.75 Å². The van der Waals surface area contributed by atoms with Crippen LogP contribution in [0.25, 0.3) is 0 Å². The van der Waals surface area contributed by atoms with Gasteiger partial charge in [0, 0.05) is 18.7 Å². The summed E-state index contributed by atoms with van der Waals surface area (Å²) in [6.07, 6.45) is 2.60. The second-order valence-electron chi connectivity index (χ2n) is 7.20. The lowest BCUT2D eigenvalue weighted by Gasteiger charge is -2.26. The molecule has 5 nitrogen and oxygen atoms in total. The average molecular weight is 382 g/mol. The first-order valence-electron chi connectivity index (χ1n) is 9.73. The van der Waals surface area contributed by atoms with E-state index >= 15 is 0 Å². The molecule has 6 heteroatoms. The summed E-state index contributed by atoms with van der Waals surface area (Å²) in [6.45, 7) is 3.14. The monoisotopic (exact) mass is 382 g/mol. The standard InChI is InChI=1S/C22H23FN2O3/c1-2-28-16-8-5-14(6-9-16)20-4-3-11-25(20)22(27)17-12-15-7-10-21(26)24-19(15)13-18(17)23/h5-6,8-9,12-13,20H,2-4,7,10-11H2,1H3,(H,24,26)/t20-/m1/s1. The maximum atomic E-state index is 14.7. The molecular formula is C22H23FN2O3. The van der Waals surface area contributed by atoms with E-state index in [1.807, 2.05) is 31.2 Å². The largest absolute Gasteiger partial charge is 0.494 e. The molecule has 2 heterocycles. The molecule has 4 rings (SSSR count). The fourth-order valence-electron chi connectivity index (χ4n) is 4.03. The zero-order valence-electron chi connectivity index (χ0n) is 15.8. The fraction of sp³-hybridized carbons (Fsp3) is 0.364. The van der Waals surface area contributed by atoms with Gasteiger partial charge in [0.25, 0.3) is 5.91 Å². The molecule has 0 aromatic heterocycles. The zero-order valence-corrected chi connectivity index (χ0v) is 15.8. The molecule has 2 aliphatic heterocycles. The van der Waals surface area contributed by atoms with Gasteiger partial charge in [-0.1, -0.05) is 12.1 Å². The van der Waals surface area contributed by atoms with E-state index in [1.54, 1.807) is 11.0 Å². The van der Waals surface area contributed by atoms with E-state index < -0.39 is 5.82 Å². The highest BCUT2D eigenvalue weighted by Crippen LogP contribution is 2.35. The summed E-state index contributed by atoms with van der Waals surface area (Å²) < 4.78 is 20.1. The molecule has 28 heavy (non-hydrogen) atoms. The van der Waals surface area contributed by atoms with Crippen molar-refractivity contribution in [2.24, 2.45) is 0 Å². The maximum absolute atomic E-state index is 14.7. The van der Waals surface area contributed by atoms with E-state index in [0.717, 1.165) is 29.7 Å². The highest BCUT2D eigenvalue weighted by Gasteiger charge is 2.32. The van der Waals surface area contributed by atoms with Crippen LogP contribution < -0.4 is 10.1 Å². The van der Waals surface area contributed by atoms with Gasteiger partial charge < -0.3 is 15.0 Å². The molecule has 1 saturated heterocycles. The molecule has 2 aliphatic rings. The van der Waals surface area contributed by atoms with Gasteiger partial charge in [-0.2, -0.15) is 0 Å². The van der Waals surface area contributed by atoms with Crippen molar-refractivity contribution in [2.45, 2.75) is 38.6 Å². The number of nitrogens with zero attached hydrogens (tertiary/aromatic N) is 1. The Bertz CT molecular complexity index is 911. The van der Waals surface area contributed by atoms with E-state index in [9.17, 15) is 14.0 Å². The lowest BCUT2D eigenvalue weighted by molar-refractivity contribution is -0.116. The van der Waals surface area contributed by atoms with E-state index in [0.29, 0.717) is 31.7 Å². The third-order valence-electron chi connectivity index (χ3n) is 5.41. The molecule has 146 valence electrons. The number of amides is 2. The van der Waals surface area contributed by atoms with Gasteiger partial charge in [-0.3, -0.25) is 9.59 Å². The van der Waals surface area contributed by atoms with Crippen LogP contribution in [0.15, 0.2) is 36.4 Å². The van der Waals surface area contributed by atoms with Crippen molar-refractivity contribution in [2.75, 3.05) is 18.5 Å². The van der Waals surface area contributed by atoms with Gasteiger partial charge in [-0.25, -0.2) is 4.39 Å². The Morgan fingerprint density at radius 1 is 1.25 bits per heavy atom. The van der Waals surface area contributed by atoms with Crippen LogP contribution >= 0.6 is 0 Å². The number of ether oxygens (including phenoxy) is 1. The number of likely N-dealkylation sites (tertiary alicyclic amines) is 1. The molecular weight excluding hydrogens is 359 g/mol. The lowest BCUT2D eigenvalue weighted by atomic mass is 9.98. The van der Waals surface area contributed by atoms with Crippen LogP contribution in [0.1, 0.15) is 53.7 Å². The Kier molecular flexibility index (Phi) is 5.03. The second-order valence-corrected chi connectivity index (χ2v) is 7.20. The summed E-state index contributed by atoms with van der Waals surface area (Å²) in [7, 11) is 0. The first-order valence-corrected chi connectivity index (χ1v) is 9.73. The third-order valence-corrected chi connectivity index (χ3v) is 5.41. The maximum Gasteiger partial charge on any atom is 0.257 e. The normalized spacial score (nSPS) is 18.6. The fourth-order valence-corrected chi connectivity index (χ4v) is 4.03. The minimum absolute atomic E-state index is 0.0710. The number of hydrogen-bond acceptors (Lipinski definition) is 3. The minimum atomic E-state index is -0.594. The molecule has 1 fully saturated rings. The van der Waals surface area contributed by atoms with E-state index in [1.165, 1.54) is 6.07 Å². The average Bonchev–Trinajstić information content (AvgIpc) is 3.17. The number of halogens is 1. The number of aryl methyl sites for hydroxylation is 1. The molecule has 0 saturated carbocycles. The van der Waals surface area contributed by atoms with E-state index in [4.69, 9.17) is 4.74 Å². The van der Waals surface area contributed by atoms with Crippen LogP contribution in [0.4, 0.5) is 10.1 Å². The zero-order chi connectivity index (χ0) is 19.7. The molecule has 1 N–H and O–H groups in total. The topological polar surface area (TPSA) is 58.6 Å². The van der Waals surface area contributed by atoms with Gasteiger partial charge in [0.05, 0.1) is 18.2 Å². The predicted molar refractivity (Wildman–Crippen MR) is 104 cm³/mol.